The van der Waals surface area contributed by atoms with Crippen molar-refractivity contribution in [1.82, 2.24) is 4.98 Å². The third-order valence-electron chi connectivity index (χ3n) is 3.45. The van der Waals surface area contributed by atoms with Crippen molar-refractivity contribution in [3.8, 4) is 6.07 Å². The van der Waals surface area contributed by atoms with E-state index in [4.69, 9.17) is 10.00 Å². The quantitative estimate of drug-likeness (QED) is 0.481. The molecule has 1 N–H and O–H groups in total. The number of rotatable bonds is 7. The standard InChI is InChI=1S/C19H15N3O3S2/c20-11-13-4-3-5-14(10-13)21-17(23)12-25-18(24)8-9-26-19-22-15-6-1-2-7-16(15)27-19/h1-7,10H,8-9,12H2,(H,21,23). The molecule has 0 aliphatic carbocycles. The zero-order valence-corrected chi connectivity index (χ0v) is 15.8. The normalized spacial score (nSPS) is 10.3. The average molecular weight is 397 g/mol. The van der Waals surface area contributed by atoms with E-state index >= 15 is 0 Å². The van der Waals surface area contributed by atoms with Gasteiger partial charge in [-0.2, -0.15) is 5.26 Å². The Labute approximate surface area is 164 Å². The molecule has 0 saturated carbocycles. The molecule has 3 rings (SSSR count). The van der Waals surface area contributed by atoms with Crippen molar-refractivity contribution in [3.05, 3.63) is 54.1 Å². The second-order valence-corrected chi connectivity index (χ2v) is 7.82. The molecule has 6 nitrogen and oxygen atoms in total. The summed E-state index contributed by atoms with van der Waals surface area (Å²) in [5.41, 5.74) is 1.88. The number of hydrogen-bond acceptors (Lipinski definition) is 7. The van der Waals surface area contributed by atoms with Crippen LogP contribution in [-0.4, -0.2) is 29.2 Å². The van der Waals surface area contributed by atoms with E-state index in [1.165, 1.54) is 11.8 Å². The molecule has 1 amide bonds. The van der Waals surface area contributed by atoms with Crippen molar-refractivity contribution in [1.29, 1.82) is 5.26 Å². The maximum Gasteiger partial charge on any atom is 0.307 e. The minimum absolute atomic E-state index is 0.192. The number of hydrogen-bond donors (Lipinski definition) is 1. The first kappa shape index (κ1) is 18.9. The number of nitrogens with zero attached hydrogens (tertiary/aromatic N) is 2. The number of benzene rings is 2. The summed E-state index contributed by atoms with van der Waals surface area (Å²) in [5.74, 6) is -0.355. The van der Waals surface area contributed by atoms with Gasteiger partial charge in [0, 0.05) is 11.4 Å². The first-order valence-electron chi connectivity index (χ1n) is 8.08. The summed E-state index contributed by atoms with van der Waals surface area (Å²) in [5, 5.41) is 11.4. The summed E-state index contributed by atoms with van der Waals surface area (Å²) in [7, 11) is 0. The van der Waals surface area contributed by atoms with Gasteiger partial charge in [-0.05, 0) is 30.3 Å². The van der Waals surface area contributed by atoms with E-state index in [9.17, 15) is 9.59 Å². The zero-order chi connectivity index (χ0) is 19.1. The fourth-order valence-electron chi connectivity index (χ4n) is 2.22. The monoisotopic (exact) mass is 397 g/mol. The van der Waals surface area contributed by atoms with Gasteiger partial charge in [0.05, 0.1) is 28.3 Å². The number of aromatic nitrogens is 1. The van der Waals surface area contributed by atoms with Gasteiger partial charge in [-0.3, -0.25) is 9.59 Å². The smallest absolute Gasteiger partial charge is 0.307 e. The van der Waals surface area contributed by atoms with Crippen LogP contribution < -0.4 is 5.32 Å². The molecule has 0 radical (unpaired) electrons. The fourth-order valence-corrected chi connectivity index (χ4v) is 4.27. The highest BCUT2D eigenvalue weighted by molar-refractivity contribution is 8.01. The Balaban J connectivity index is 1.38. The van der Waals surface area contributed by atoms with E-state index in [2.05, 4.69) is 10.3 Å². The van der Waals surface area contributed by atoms with Crippen molar-refractivity contribution in [2.45, 2.75) is 10.8 Å². The Morgan fingerprint density at radius 2 is 2.07 bits per heavy atom. The van der Waals surface area contributed by atoms with Crippen LogP contribution in [0.4, 0.5) is 5.69 Å². The van der Waals surface area contributed by atoms with Crippen LogP contribution in [0.2, 0.25) is 0 Å². The largest absolute Gasteiger partial charge is 0.456 e. The molecule has 0 atom stereocenters. The van der Waals surface area contributed by atoms with E-state index in [0.29, 0.717) is 17.0 Å². The maximum atomic E-state index is 11.8. The number of thioether (sulfide) groups is 1. The first-order chi connectivity index (χ1) is 13.1. The Bertz CT molecular complexity index is 978. The molecule has 0 aliphatic heterocycles. The number of para-hydroxylation sites is 1. The van der Waals surface area contributed by atoms with Gasteiger partial charge in [-0.15, -0.1) is 11.3 Å². The highest BCUT2D eigenvalue weighted by Gasteiger charge is 2.10. The number of ether oxygens (including phenoxy) is 1. The molecule has 8 heteroatoms. The van der Waals surface area contributed by atoms with Gasteiger partial charge in [0.1, 0.15) is 0 Å². The third-order valence-corrected chi connectivity index (χ3v) is 5.63. The highest BCUT2D eigenvalue weighted by Crippen LogP contribution is 2.29. The summed E-state index contributed by atoms with van der Waals surface area (Å²) >= 11 is 3.07. The van der Waals surface area contributed by atoms with Gasteiger partial charge >= 0.3 is 5.97 Å². The number of nitrogens with one attached hydrogen (secondary N) is 1. The van der Waals surface area contributed by atoms with Crippen molar-refractivity contribution in [3.63, 3.8) is 0 Å². The molecule has 136 valence electrons. The molecule has 2 aromatic carbocycles. The predicted molar refractivity (Wildman–Crippen MR) is 106 cm³/mol. The molecule has 0 unspecified atom stereocenters. The van der Waals surface area contributed by atoms with Crippen molar-refractivity contribution in [2.24, 2.45) is 0 Å². The fraction of sp³-hybridized carbons (Fsp3) is 0.158. The average Bonchev–Trinajstić information content (AvgIpc) is 3.09. The molecule has 0 saturated heterocycles. The summed E-state index contributed by atoms with van der Waals surface area (Å²) in [6, 6.07) is 16.4. The Morgan fingerprint density at radius 3 is 2.89 bits per heavy atom. The molecular weight excluding hydrogens is 382 g/mol. The van der Waals surface area contributed by atoms with Gasteiger partial charge in [0.2, 0.25) is 0 Å². The second-order valence-electron chi connectivity index (χ2n) is 5.45. The van der Waals surface area contributed by atoms with Gasteiger partial charge in [0.15, 0.2) is 10.9 Å². The van der Waals surface area contributed by atoms with Crippen LogP contribution in [0, 0.1) is 11.3 Å². The van der Waals surface area contributed by atoms with Crippen LogP contribution in [0.1, 0.15) is 12.0 Å². The SMILES string of the molecule is N#Cc1cccc(NC(=O)COC(=O)CCSc2nc3ccccc3s2)c1. The van der Waals surface area contributed by atoms with Crippen LogP contribution in [0.25, 0.3) is 10.2 Å². The second kappa shape index (κ2) is 9.16. The molecule has 3 aromatic rings. The molecule has 1 aromatic heterocycles. The number of carbonyl (C=O) groups excluding carboxylic acids is 2. The number of anilines is 1. The number of carbonyl (C=O) groups is 2. The number of fused-ring (bicyclic) bond motifs is 1. The van der Waals surface area contributed by atoms with Crippen LogP contribution in [0.15, 0.2) is 52.9 Å². The van der Waals surface area contributed by atoms with Gasteiger partial charge in [0.25, 0.3) is 5.91 Å². The minimum atomic E-state index is -0.447. The Hall–Kier alpha value is -2.89. The van der Waals surface area contributed by atoms with Gasteiger partial charge in [-0.1, -0.05) is 30.0 Å². The summed E-state index contributed by atoms with van der Waals surface area (Å²) in [6.07, 6.45) is 0.192. The highest BCUT2D eigenvalue weighted by atomic mass is 32.2. The van der Waals surface area contributed by atoms with Crippen molar-refractivity contribution in [2.75, 3.05) is 17.7 Å². The topological polar surface area (TPSA) is 92.1 Å². The lowest BCUT2D eigenvalue weighted by Crippen LogP contribution is -2.21. The van der Waals surface area contributed by atoms with Crippen molar-refractivity contribution < 1.29 is 14.3 Å². The zero-order valence-electron chi connectivity index (χ0n) is 14.2. The molecule has 0 aliphatic rings. The Kier molecular flexibility index (Phi) is 6.41. The number of thiazole rings is 1. The van der Waals surface area contributed by atoms with Gasteiger partial charge < -0.3 is 10.1 Å². The van der Waals surface area contributed by atoms with E-state index in [1.54, 1.807) is 35.6 Å². The van der Waals surface area contributed by atoms with E-state index in [0.717, 1.165) is 14.6 Å². The molecule has 1 heterocycles. The van der Waals surface area contributed by atoms with Crippen molar-refractivity contribution >= 4 is 50.9 Å². The molecule has 0 spiro atoms. The summed E-state index contributed by atoms with van der Waals surface area (Å²) in [4.78, 5) is 28.1. The number of amides is 1. The molecular formula is C19H15N3O3S2. The van der Waals surface area contributed by atoms with Gasteiger partial charge in [-0.25, -0.2) is 4.98 Å². The lowest BCUT2D eigenvalue weighted by atomic mass is 10.2. The van der Waals surface area contributed by atoms with E-state index in [1.807, 2.05) is 30.3 Å². The Morgan fingerprint density at radius 1 is 1.22 bits per heavy atom. The lowest BCUT2D eigenvalue weighted by molar-refractivity contribution is -0.146. The van der Waals surface area contributed by atoms with Crippen LogP contribution >= 0.6 is 23.1 Å². The predicted octanol–water partition coefficient (Wildman–Crippen LogP) is 3.83. The third kappa shape index (κ3) is 5.54. The van der Waals surface area contributed by atoms with E-state index in [-0.39, 0.29) is 13.0 Å². The van der Waals surface area contributed by atoms with Crippen LogP contribution in [0.5, 0.6) is 0 Å². The first-order valence-corrected chi connectivity index (χ1v) is 9.88. The summed E-state index contributed by atoms with van der Waals surface area (Å²) < 4.78 is 7.00. The minimum Gasteiger partial charge on any atom is -0.456 e. The summed E-state index contributed by atoms with van der Waals surface area (Å²) in [6.45, 7) is -0.360. The molecule has 27 heavy (non-hydrogen) atoms. The number of nitriles is 1. The molecule has 0 fully saturated rings. The lowest BCUT2D eigenvalue weighted by Gasteiger charge is -2.06. The van der Waals surface area contributed by atoms with E-state index < -0.39 is 11.9 Å². The molecule has 0 bridgehead atoms. The van der Waals surface area contributed by atoms with Crippen LogP contribution in [0.3, 0.4) is 0 Å². The van der Waals surface area contributed by atoms with Crippen LogP contribution in [-0.2, 0) is 14.3 Å². The maximum absolute atomic E-state index is 11.8. The number of esters is 1.